The Bertz CT molecular complexity index is 555. The summed E-state index contributed by atoms with van der Waals surface area (Å²) in [5.74, 6) is 0. The second-order valence-corrected chi connectivity index (χ2v) is 3.65. The molecule has 0 saturated heterocycles. The van der Waals surface area contributed by atoms with Gasteiger partial charge in [0.1, 0.15) is 0 Å². The van der Waals surface area contributed by atoms with E-state index in [0.29, 0.717) is 5.56 Å². The van der Waals surface area contributed by atoms with Crippen molar-refractivity contribution >= 4 is 5.69 Å². The number of hydrogen-bond donors (Lipinski definition) is 1. The molecule has 1 aromatic heterocycles. The first kappa shape index (κ1) is 11.2. The predicted octanol–water partition coefficient (Wildman–Crippen LogP) is 3.05. The van der Waals surface area contributed by atoms with Crippen molar-refractivity contribution in [2.45, 2.75) is 6.92 Å². The molecule has 0 radical (unpaired) electrons. The second-order valence-electron chi connectivity index (χ2n) is 3.65. The summed E-state index contributed by atoms with van der Waals surface area (Å²) in [5.41, 5.74) is 3.53. The zero-order chi connectivity index (χ0) is 12.1. The maximum absolute atomic E-state index is 8.87. The molecule has 0 aliphatic carbocycles. The van der Waals surface area contributed by atoms with Gasteiger partial charge in [-0.15, -0.1) is 0 Å². The predicted molar refractivity (Wildman–Crippen MR) is 68.6 cm³/mol. The number of nitrogens with one attached hydrogen (secondary N) is 1. The Morgan fingerprint density at radius 3 is 2.94 bits per heavy atom. The molecule has 2 aromatic rings. The molecule has 1 aromatic carbocycles. The SMILES string of the molecule is CCNc1ccnc(-c2cccc(C#N)c2)c1. The summed E-state index contributed by atoms with van der Waals surface area (Å²) < 4.78 is 0. The molecule has 0 fully saturated rings. The molecule has 0 aliphatic heterocycles. The van der Waals surface area contributed by atoms with E-state index in [1.54, 1.807) is 12.3 Å². The summed E-state index contributed by atoms with van der Waals surface area (Å²) >= 11 is 0. The molecule has 0 spiro atoms. The van der Waals surface area contributed by atoms with Crippen molar-refractivity contribution in [2.24, 2.45) is 0 Å². The van der Waals surface area contributed by atoms with Crippen LogP contribution in [0.15, 0.2) is 42.6 Å². The number of hydrogen-bond acceptors (Lipinski definition) is 3. The molecule has 1 N–H and O–H groups in total. The van der Waals surface area contributed by atoms with Crippen molar-refractivity contribution in [3.05, 3.63) is 48.2 Å². The summed E-state index contributed by atoms with van der Waals surface area (Å²) in [6, 6.07) is 13.5. The standard InChI is InChI=1S/C14H13N3/c1-2-16-13-6-7-17-14(9-13)12-5-3-4-11(8-12)10-15/h3-9H,2H2,1H3,(H,16,17). The van der Waals surface area contributed by atoms with Gasteiger partial charge in [-0.3, -0.25) is 4.98 Å². The van der Waals surface area contributed by atoms with E-state index in [0.717, 1.165) is 23.5 Å². The van der Waals surface area contributed by atoms with Crippen LogP contribution in [0, 0.1) is 11.3 Å². The van der Waals surface area contributed by atoms with Crippen LogP contribution in [-0.2, 0) is 0 Å². The Labute approximate surface area is 101 Å². The van der Waals surface area contributed by atoms with Crippen LogP contribution in [-0.4, -0.2) is 11.5 Å². The van der Waals surface area contributed by atoms with Crippen LogP contribution in [0.25, 0.3) is 11.3 Å². The van der Waals surface area contributed by atoms with Crippen LogP contribution in [0.3, 0.4) is 0 Å². The van der Waals surface area contributed by atoms with Gasteiger partial charge in [0.25, 0.3) is 0 Å². The quantitative estimate of drug-likeness (QED) is 0.870. The van der Waals surface area contributed by atoms with Crippen molar-refractivity contribution in [2.75, 3.05) is 11.9 Å². The summed E-state index contributed by atoms with van der Waals surface area (Å²) in [5, 5.41) is 12.1. The molecule has 84 valence electrons. The van der Waals surface area contributed by atoms with Crippen LogP contribution < -0.4 is 5.32 Å². The van der Waals surface area contributed by atoms with E-state index >= 15 is 0 Å². The van der Waals surface area contributed by atoms with Gasteiger partial charge in [0, 0.05) is 24.0 Å². The van der Waals surface area contributed by atoms with E-state index in [4.69, 9.17) is 5.26 Å². The molecule has 17 heavy (non-hydrogen) atoms. The minimum atomic E-state index is 0.651. The zero-order valence-electron chi connectivity index (χ0n) is 9.64. The normalized spacial score (nSPS) is 9.65. The molecule has 0 bridgehead atoms. The molecule has 0 amide bonds. The minimum absolute atomic E-state index is 0.651. The van der Waals surface area contributed by atoms with Crippen molar-refractivity contribution in [3.8, 4) is 17.3 Å². The maximum atomic E-state index is 8.87. The Morgan fingerprint density at radius 1 is 1.29 bits per heavy atom. The number of rotatable bonds is 3. The van der Waals surface area contributed by atoms with E-state index < -0.39 is 0 Å². The highest BCUT2D eigenvalue weighted by Gasteiger charge is 2.01. The zero-order valence-corrected chi connectivity index (χ0v) is 9.64. The van der Waals surface area contributed by atoms with Gasteiger partial charge in [-0.05, 0) is 31.2 Å². The first-order chi connectivity index (χ1) is 8.33. The minimum Gasteiger partial charge on any atom is -0.385 e. The van der Waals surface area contributed by atoms with Crippen LogP contribution in [0.4, 0.5) is 5.69 Å². The third-order valence-electron chi connectivity index (χ3n) is 2.43. The largest absolute Gasteiger partial charge is 0.385 e. The van der Waals surface area contributed by atoms with Gasteiger partial charge in [-0.2, -0.15) is 5.26 Å². The summed E-state index contributed by atoms with van der Waals surface area (Å²) in [4.78, 5) is 4.32. The smallest absolute Gasteiger partial charge is 0.0991 e. The summed E-state index contributed by atoms with van der Waals surface area (Å²) in [6.45, 7) is 2.93. The van der Waals surface area contributed by atoms with Crippen molar-refractivity contribution in [3.63, 3.8) is 0 Å². The average molecular weight is 223 g/mol. The van der Waals surface area contributed by atoms with E-state index in [1.165, 1.54) is 0 Å². The molecule has 3 heteroatoms. The highest BCUT2D eigenvalue weighted by molar-refractivity contribution is 5.65. The van der Waals surface area contributed by atoms with Crippen molar-refractivity contribution in [1.29, 1.82) is 5.26 Å². The average Bonchev–Trinajstić information content (AvgIpc) is 2.40. The number of nitriles is 1. The van der Waals surface area contributed by atoms with Gasteiger partial charge in [-0.25, -0.2) is 0 Å². The van der Waals surface area contributed by atoms with Gasteiger partial charge < -0.3 is 5.32 Å². The number of anilines is 1. The fourth-order valence-electron chi connectivity index (χ4n) is 1.65. The first-order valence-corrected chi connectivity index (χ1v) is 5.54. The molecular weight excluding hydrogens is 210 g/mol. The molecule has 2 rings (SSSR count). The van der Waals surface area contributed by atoms with E-state index in [2.05, 4.69) is 23.3 Å². The molecule has 0 saturated carbocycles. The lowest BCUT2D eigenvalue weighted by atomic mass is 10.1. The summed E-state index contributed by atoms with van der Waals surface area (Å²) in [6.07, 6.45) is 1.77. The fraction of sp³-hybridized carbons (Fsp3) is 0.143. The Hall–Kier alpha value is -2.34. The number of benzene rings is 1. The number of aromatic nitrogens is 1. The Morgan fingerprint density at radius 2 is 2.18 bits per heavy atom. The molecular formula is C14H13N3. The highest BCUT2D eigenvalue weighted by Crippen LogP contribution is 2.20. The third kappa shape index (κ3) is 2.61. The van der Waals surface area contributed by atoms with Crippen molar-refractivity contribution < 1.29 is 0 Å². The Balaban J connectivity index is 2.39. The highest BCUT2D eigenvalue weighted by atomic mass is 14.9. The monoisotopic (exact) mass is 223 g/mol. The van der Waals surface area contributed by atoms with Crippen LogP contribution >= 0.6 is 0 Å². The topological polar surface area (TPSA) is 48.7 Å². The fourth-order valence-corrected chi connectivity index (χ4v) is 1.65. The summed E-state index contributed by atoms with van der Waals surface area (Å²) in [7, 11) is 0. The molecule has 0 aliphatic rings. The molecule has 3 nitrogen and oxygen atoms in total. The lowest BCUT2D eigenvalue weighted by Gasteiger charge is -2.05. The lowest BCUT2D eigenvalue weighted by Crippen LogP contribution is -1.97. The van der Waals surface area contributed by atoms with Gasteiger partial charge >= 0.3 is 0 Å². The van der Waals surface area contributed by atoms with E-state index in [-0.39, 0.29) is 0 Å². The third-order valence-corrected chi connectivity index (χ3v) is 2.43. The number of pyridine rings is 1. The van der Waals surface area contributed by atoms with Gasteiger partial charge in [0.2, 0.25) is 0 Å². The first-order valence-electron chi connectivity index (χ1n) is 5.54. The van der Waals surface area contributed by atoms with E-state index in [9.17, 15) is 0 Å². The van der Waals surface area contributed by atoms with Gasteiger partial charge in [-0.1, -0.05) is 12.1 Å². The lowest BCUT2D eigenvalue weighted by molar-refractivity contribution is 1.20. The van der Waals surface area contributed by atoms with Crippen LogP contribution in [0.2, 0.25) is 0 Å². The molecule has 1 heterocycles. The van der Waals surface area contributed by atoms with Gasteiger partial charge in [0.15, 0.2) is 0 Å². The van der Waals surface area contributed by atoms with E-state index in [1.807, 2.05) is 30.3 Å². The van der Waals surface area contributed by atoms with Crippen LogP contribution in [0.5, 0.6) is 0 Å². The van der Waals surface area contributed by atoms with Crippen LogP contribution in [0.1, 0.15) is 12.5 Å². The maximum Gasteiger partial charge on any atom is 0.0991 e. The molecule has 0 atom stereocenters. The second kappa shape index (κ2) is 5.13. The molecule has 0 unspecified atom stereocenters. The van der Waals surface area contributed by atoms with Crippen molar-refractivity contribution in [1.82, 2.24) is 4.98 Å². The number of nitrogens with zero attached hydrogens (tertiary/aromatic N) is 2. The Kier molecular flexibility index (Phi) is 3.37. The van der Waals surface area contributed by atoms with Gasteiger partial charge in [0.05, 0.1) is 17.3 Å².